The second-order valence-electron chi connectivity index (χ2n) is 4.87. The number of nitrogens with zero attached hydrogens (tertiary/aromatic N) is 1. The zero-order valence-corrected chi connectivity index (χ0v) is 12.6. The molecular formula is C15H23N3O3. The van der Waals surface area contributed by atoms with Gasteiger partial charge in [-0.15, -0.1) is 0 Å². The molecule has 3 N–H and O–H groups in total. The molecule has 6 nitrogen and oxygen atoms in total. The zero-order valence-electron chi connectivity index (χ0n) is 12.6. The molecule has 0 unspecified atom stereocenters. The summed E-state index contributed by atoms with van der Waals surface area (Å²) in [5.41, 5.74) is 1.16. The van der Waals surface area contributed by atoms with Crippen LogP contribution in [0.1, 0.15) is 22.3 Å². The Labute approximate surface area is 125 Å². The van der Waals surface area contributed by atoms with Gasteiger partial charge in [-0.3, -0.25) is 0 Å². The van der Waals surface area contributed by atoms with Crippen molar-refractivity contribution in [2.75, 3.05) is 33.7 Å². The molecule has 0 aliphatic heterocycles. The Bertz CT molecular complexity index is 477. The molecule has 1 aromatic carbocycles. The maximum atomic E-state index is 11.8. The lowest BCUT2D eigenvalue weighted by atomic mass is 10.1. The molecule has 1 aromatic rings. The summed E-state index contributed by atoms with van der Waals surface area (Å²) in [6.07, 6.45) is 1.51. The monoisotopic (exact) mass is 293 g/mol. The van der Waals surface area contributed by atoms with Gasteiger partial charge in [0.2, 0.25) is 0 Å². The van der Waals surface area contributed by atoms with Gasteiger partial charge < -0.3 is 20.6 Å². The number of aromatic carboxylic acids is 1. The van der Waals surface area contributed by atoms with Crippen LogP contribution in [0.25, 0.3) is 0 Å². The van der Waals surface area contributed by atoms with Gasteiger partial charge in [0.15, 0.2) is 0 Å². The van der Waals surface area contributed by atoms with E-state index in [1.54, 1.807) is 30.1 Å². The van der Waals surface area contributed by atoms with Gasteiger partial charge in [-0.25, -0.2) is 9.59 Å². The van der Waals surface area contributed by atoms with Gasteiger partial charge in [-0.05, 0) is 44.1 Å². The molecule has 2 amide bonds. The van der Waals surface area contributed by atoms with Gasteiger partial charge in [0.25, 0.3) is 0 Å². The van der Waals surface area contributed by atoms with Crippen molar-refractivity contribution in [3.8, 4) is 0 Å². The Morgan fingerprint density at radius 1 is 1.29 bits per heavy atom. The predicted molar refractivity (Wildman–Crippen MR) is 81.7 cm³/mol. The van der Waals surface area contributed by atoms with Crippen molar-refractivity contribution < 1.29 is 14.7 Å². The third-order valence-corrected chi connectivity index (χ3v) is 3.13. The molecule has 0 aromatic heterocycles. The fraction of sp³-hybridized carbons (Fsp3) is 0.467. The number of amides is 2. The number of carbonyl (C=O) groups excluding carboxylic acids is 1. The van der Waals surface area contributed by atoms with Crippen LogP contribution in [0.2, 0.25) is 0 Å². The molecule has 0 heterocycles. The fourth-order valence-corrected chi connectivity index (χ4v) is 1.90. The Hall–Kier alpha value is -2.08. The lowest BCUT2D eigenvalue weighted by molar-refractivity contribution is 0.0696. The number of carbonyl (C=O) groups is 2. The van der Waals surface area contributed by atoms with E-state index in [2.05, 4.69) is 10.6 Å². The Morgan fingerprint density at radius 2 is 2.05 bits per heavy atom. The largest absolute Gasteiger partial charge is 0.478 e. The minimum Gasteiger partial charge on any atom is -0.478 e. The SMILES string of the molecule is CNCCCN(C)C(=O)NCCc1cccc(C(=O)O)c1. The van der Waals surface area contributed by atoms with Crippen molar-refractivity contribution in [3.63, 3.8) is 0 Å². The highest BCUT2D eigenvalue weighted by Gasteiger charge is 2.07. The number of urea groups is 1. The average Bonchev–Trinajstić information content (AvgIpc) is 2.47. The number of hydrogen-bond acceptors (Lipinski definition) is 3. The molecule has 0 saturated carbocycles. The second kappa shape index (κ2) is 8.97. The second-order valence-corrected chi connectivity index (χ2v) is 4.87. The highest BCUT2D eigenvalue weighted by molar-refractivity contribution is 5.87. The molecule has 0 saturated heterocycles. The van der Waals surface area contributed by atoms with E-state index < -0.39 is 5.97 Å². The van der Waals surface area contributed by atoms with Crippen molar-refractivity contribution in [1.82, 2.24) is 15.5 Å². The molecular weight excluding hydrogens is 270 g/mol. The van der Waals surface area contributed by atoms with E-state index in [4.69, 9.17) is 5.11 Å². The maximum absolute atomic E-state index is 11.8. The number of hydrogen-bond donors (Lipinski definition) is 3. The quantitative estimate of drug-likeness (QED) is 0.629. The van der Waals surface area contributed by atoms with Crippen molar-refractivity contribution in [2.24, 2.45) is 0 Å². The van der Waals surface area contributed by atoms with Crippen LogP contribution in [0, 0.1) is 0 Å². The van der Waals surface area contributed by atoms with Gasteiger partial charge >= 0.3 is 12.0 Å². The van der Waals surface area contributed by atoms with Crippen LogP contribution in [0.15, 0.2) is 24.3 Å². The summed E-state index contributed by atoms with van der Waals surface area (Å²) in [5, 5.41) is 14.8. The number of nitrogens with one attached hydrogen (secondary N) is 2. The Morgan fingerprint density at radius 3 is 2.71 bits per heavy atom. The zero-order chi connectivity index (χ0) is 15.7. The molecule has 0 atom stereocenters. The number of carboxylic acids is 1. The molecule has 1 rings (SSSR count). The van der Waals surface area contributed by atoms with Gasteiger partial charge in [-0.2, -0.15) is 0 Å². The summed E-state index contributed by atoms with van der Waals surface area (Å²) >= 11 is 0. The average molecular weight is 293 g/mol. The van der Waals surface area contributed by atoms with E-state index in [1.165, 1.54) is 0 Å². The van der Waals surface area contributed by atoms with E-state index in [-0.39, 0.29) is 11.6 Å². The first-order valence-corrected chi connectivity index (χ1v) is 7.00. The van der Waals surface area contributed by atoms with Crippen molar-refractivity contribution in [1.29, 1.82) is 0 Å². The smallest absolute Gasteiger partial charge is 0.335 e. The summed E-state index contributed by atoms with van der Waals surface area (Å²) in [4.78, 5) is 24.3. The van der Waals surface area contributed by atoms with E-state index >= 15 is 0 Å². The van der Waals surface area contributed by atoms with E-state index in [9.17, 15) is 9.59 Å². The van der Waals surface area contributed by atoms with Crippen LogP contribution in [-0.4, -0.2) is 55.7 Å². The Balaban J connectivity index is 2.34. The van der Waals surface area contributed by atoms with Crippen LogP contribution < -0.4 is 10.6 Å². The lowest BCUT2D eigenvalue weighted by Crippen LogP contribution is -2.39. The van der Waals surface area contributed by atoms with Crippen LogP contribution >= 0.6 is 0 Å². The third kappa shape index (κ3) is 6.27. The molecule has 0 aliphatic rings. The molecule has 116 valence electrons. The summed E-state index contributed by atoms with van der Waals surface area (Å²) in [5.74, 6) is -0.940. The Kier molecular flexibility index (Phi) is 7.25. The molecule has 0 spiro atoms. The predicted octanol–water partition coefficient (Wildman–Crippen LogP) is 1.18. The lowest BCUT2D eigenvalue weighted by Gasteiger charge is -2.17. The van der Waals surface area contributed by atoms with Crippen molar-refractivity contribution in [3.05, 3.63) is 35.4 Å². The summed E-state index contributed by atoms with van der Waals surface area (Å²) < 4.78 is 0. The maximum Gasteiger partial charge on any atom is 0.335 e. The van der Waals surface area contributed by atoms with E-state index in [0.29, 0.717) is 19.5 Å². The van der Waals surface area contributed by atoms with Crippen LogP contribution in [-0.2, 0) is 6.42 Å². The molecule has 0 radical (unpaired) electrons. The van der Waals surface area contributed by atoms with Gasteiger partial charge in [0.05, 0.1) is 5.56 Å². The van der Waals surface area contributed by atoms with Crippen molar-refractivity contribution in [2.45, 2.75) is 12.8 Å². The minimum absolute atomic E-state index is 0.111. The molecule has 6 heteroatoms. The summed E-state index contributed by atoms with van der Waals surface area (Å²) in [6.45, 7) is 2.05. The molecule has 0 aliphatic carbocycles. The molecule has 0 fully saturated rings. The standard InChI is InChI=1S/C15H23N3O3/c1-16-8-4-10-18(2)15(21)17-9-7-12-5-3-6-13(11-12)14(19)20/h3,5-6,11,16H,4,7-10H2,1-2H3,(H,17,21)(H,19,20). The summed E-state index contributed by atoms with van der Waals surface area (Å²) in [7, 11) is 3.64. The highest BCUT2D eigenvalue weighted by Crippen LogP contribution is 2.05. The van der Waals surface area contributed by atoms with Crippen LogP contribution in [0.5, 0.6) is 0 Å². The highest BCUT2D eigenvalue weighted by atomic mass is 16.4. The minimum atomic E-state index is -0.940. The number of rotatable bonds is 8. The molecule has 21 heavy (non-hydrogen) atoms. The normalized spacial score (nSPS) is 10.2. The first-order chi connectivity index (χ1) is 10.0. The van der Waals surface area contributed by atoms with E-state index in [1.807, 2.05) is 13.1 Å². The summed E-state index contributed by atoms with van der Waals surface area (Å²) in [6, 6.07) is 6.64. The van der Waals surface area contributed by atoms with Crippen LogP contribution in [0.3, 0.4) is 0 Å². The number of benzene rings is 1. The van der Waals surface area contributed by atoms with Gasteiger partial charge in [0, 0.05) is 20.1 Å². The van der Waals surface area contributed by atoms with Gasteiger partial charge in [0.1, 0.15) is 0 Å². The first kappa shape index (κ1) is 17.0. The van der Waals surface area contributed by atoms with Crippen LogP contribution in [0.4, 0.5) is 4.79 Å². The fourth-order valence-electron chi connectivity index (χ4n) is 1.90. The molecule has 0 bridgehead atoms. The third-order valence-electron chi connectivity index (χ3n) is 3.13. The van der Waals surface area contributed by atoms with E-state index in [0.717, 1.165) is 18.5 Å². The van der Waals surface area contributed by atoms with Gasteiger partial charge in [-0.1, -0.05) is 12.1 Å². The number of carboxylic acid groups (broad SMARTS) is 1. The first-order valence-electron chi connectivity index (χ1n) is 7.00. The topological polar surface area (TPSA) is 81.7 Å². The van der Waals surface area contributed by atoms with Crippen molar-refractivity contribution >= 4 is 12.0 Å².